The molecule has 0 spiro atoms. The van der Waals surface area contributed by atoms with Gasteiger partial charge in [-0.25, -0.2) is 9.36 Å². The van der Waals surface area contributed by atoms with Crippen LogP contribution >= 0.6 is 39.3 Å². The average Bonchev–Trinajstić information content (AvgIpc) is 2.67. The van der Waals surface area contributed by atoms with Gasteiger partial charge in [-0.15, -0.1) is 0 Å². The van der Waals surface area contributed by atoms with E-state index in [-0.39, 0.29) is 5.56 Å². The number of rotatable bonds is 4. The minimum absolute atomic E-state index is 0.179. The molecule has 0 unspecified atom stereocenters. The second-order valence-electron chi connectivity index (χ2n) is 6.29. The van der Waals surface area contributed by atoms with Crippen molar-refractivity contribution in [2.75, 3.05) is 0 Å². The Labute approximate surface area is 188 Å². The van der Waals surface area contributed by atoms with E-state index in [4.69, 9.17) is 16.9 Å². The standard InChI is InChI=1S/C20H14BrClN4O3S/c1-10-6-16(11(2)5-14(10)21)26-19(28)13(18(27)25-20(26)29)8-24-12-3-4-17(30-9-23)15(22)7-12/h3-8,28H,1-2H3,(H,25,27,29). The number of benzene rings is 2. The first-order chi connectivity index (χ1) is 14.2. The molecule has 2 N–H and O–H groups in total. The lowest BCUT2D eigenvalue weighted by Gasteiger charge is -2.14. The minimum atomic E-state index is -0.772. The summed E-state index contributed by atoms with van der Waals surface area (Å²) in [7, 11) is 0. The average molecular weight is 506 g/mol. The van der Waals surface area contributed by atoms with E-state index in [1.54, 1.807) is 25.1 Å². The Bertz CT molecular complexity index is 1340. The Morgan fingerprint density at radius 2 is 2.00 bits per heavy atom. The summed E-state index contributed by atoms with van der Waals surface area (Å²) in [6, 6.07) is 8.32. The van der Waals surface area contributed by atoms with Crippen LogP contribution in [0.4, 0.5) is 5.69 Å². The predicted octanol–water partition coefficient (Wildman–Crippen LogP) is 4.59. The molecule has 0 amide bonds. The lowest BCUT2D eigenvalue weighted by Crippen LogP contribution is -2.31. The molecule has 7 nitrogen and oxygen atoms in total. The van der Waals surface area contributed by atoms with Crippen molar-refractivity contribution < 1.29 is 5.11 Å². The van der Waals surface area contributed by atoms with Crippen LogP contribution in [0.15, 0.2) is 54.3 Å². The number of aliphatic imine (C=N–C) groups is 1. The number of halogens is 2. The van der Waals surface area contributed by atoms with Gasteiger partial charge in [0.15, 0.2) is 0 Å². The number of aromatic amines is 1. The number of hydrogen-bond donors (Lipinski definition) is 2. The maximum absolute atomic E-state index is 12.4. The third kappa shape index (κ3) is 4.36. The summed E-state index contributed by atoms with van der Waals surface area (Å²) in [4.78, 5) is 31.7. The van der Waals surface area contributed by atoms with Crippen molar-refractivity contribution in [1.82, 2.24) is 9.55 Å². The maximum atomic E-state index is 12.4. The van der Waals surface area contributed by atoms with Crippen LogP contribution < -0.4 is 11.2 Å². The molecule has 30 heavy (non-hydrogen) atoms. The normalized spacial score (nSPS) is 11.0. The van der Waals surface area contributed by atoms with Crippen molar-refractivity contribution in [2.24, 2.45) is 4.99 Å². The van der Waals surface area contributed by atoms with Crippen LogP contribution in [0, 0.1) is 24.5 Å². The molecule has 152 valence electrons. The first-order valence-electron chi connectivity index (χ1n) is 8.48. The first-order valence-corrected chi connectivity index (χ1v) is 10.5. The van der Waals surface area contributed by atoms with Gasteiger partial charge in [-0.1, -0.05) is 27.5 Å². The number of thioether (sulfide) groups is 1. The summed E-state index contributed by atoms with van der Waals surface area (Å²) in [6.07, 6.45) is 1.16. The molecule has 1 aromatic heterocycles. The van der Waals surface area contributed by atoms with Crippen molar-refractivity contribution in [1.29, 1.82) is 5.26 Å². The molecular formula is C20H14BrClN4O3S. The second-order valence-corrected chi connectivity index (χ2v) is 8.37. The summed E-state index contributed by atoms with van der Waals surface area (Å²) in [6.45, 7) is 3.63. The van der Waals surface area contributed by atoms with Crippen molar-refractivity contribution in [2.45, 2.75) is 18.7 Å². The van der Waals surface area contributed by atoms with Crippen molar-refractivity contribution in [3.05, 3.63) is 77.4 Å². The fourth-order valence-electron chi connectivity index (χ4n) is 2.73. The molecule has 0 aliphatic carbocycles. The van der Waals surface area contributed by atoms with Gasteiger partial charge in [0.2, 0.25) is 5.88 Å². The molecule has 0 aliphatic heterocycles. The van der Waals surface area contributed by atoms with Gasteiger partial charge in [-0.3, -0.25) is 14.8 Å². The second kappa shape index (κ2) is 8.92. The number of aryl methyl sites for hydroxylation is 2. The van der Waals surface area contributed by atoms with Gasteiger partial charge in [-0.05, 0) is 67.1 Å². The molecule has 10 heteroatoms. The molecule has 0 bridgehead atoms. The number of aromatic hydroxyl groups is 1. The van der Waals surface area contributed by atoms with Crippen LogP contribution in [0.25, 0.3) is 5.69 Å². The molecule has 0 saturated carbocycles. The number of nitriles is 1. The third-order valence-corrected chi connectivity index (χ3v) is 6.20. The lowest BCUT2D eigenvalue weighted by atomic mass is 10.1. The summed E-state index contributed by atoms with van der Waals surface area (Å²) in [5.41, 5.74) is 0.707. The Morgan fingerprint density at radius 3 is 2.67 bits per heavy atom. The molecule has 3 rings (SSSR count). The van der Waals surface area contributed by atoms with Crippen LogP contribution in [-0.2, 0) is 0 Å². The van der Waals surface area contributed by atoms with Crippen molar-refractivity contribution in [3.63, 3.8) is 0 Å². The Kier molecular flexibility index (Phi) is 6.51. The largest absolute Gasteiger partial charge is 0.493 e. The van der Waals surface area contributed by atoms with Gasteiger partial charge in [0.25, 0.3) is 5.56 Å². The van der Waals surface area contributed by atoms with E-state index in [0.717, 1.165) is 38.1 Å². The molecule has 0 fully saturated rings. The highest BCUT2D eigenvalue weighted by Crippen LogP contribution is 2.30. The molecule has 0 aliphatic rings. The van der Waals surface area contributed by atoms with Gasteiger partial charge >= 0.3 is 5.69 Å². The van der Waals surface area contributed by atoms with Crippen LogP contribution in [0.3, 0.4) is 0 Å². The third-order valence-electron chi connectivity index (χ3n) is 4.25. The SMILES string of the molecule is Cc1cc(-n2c(O)c(C=Nc3ccc(SC#N)c(Cl)c3)c(=O)[nH]c2=O)c(C)cc1Br. The number of nitrogens with zero attached hydrogens (tertiary/aromatic N) is 3. The Morgan fingerprint density at radius 1 is 1.27 bits per heavy atom. The van der Waals surface area contributed by atoms with Crippen LogP contribution in [0.1, 0.15) is 16.7 Å². The molecule has 3 aromatic rings. The highest BCUT2D eigenvalue weighted by atomic mass is 79.9. The number of aromatic nitrogens is 2. The topological polar surface area (TPSA) is 111 Å². The maximum Gasteiger partial charge on any atom is 0.335 e. The van der Waals surface area contributed by atoms with Gasteiger partial charge < -0.3 is 5.11 Å². The molecule has 0 saturated heterocycles. The highest BCUT2D eigenvalue weighted by molar-refractivity contribution is 9.10. The van der Waals surface area contributed by atoms with E-state index in [9.17, 15) is 14.7 Å². The van der Waals surface area contributed by atoms with E-state index < -0.39 is 17.1 Å². The highest BCUT2D eigenvalue weighted by Gasteiger charge is 2.16. The van der Waals surface area contributed by atoms with E-state index in [1.807, 2.05) is 18.4 Å². The zero-order valence-electron chi connectivity index (χ0n) is 15.7. The van der Waals surface area contributed by atoms with Crippen molar-refractivity contribution in [3.8, 4) is 17.0 Å². The quantitative estimate of drug-likeness (QED) is 0.306. The van der Waals surface area contributed by atoms with E-state index in [2.05, 4.69) is 25.9 Å². The fourth-order valence-corrected chi connectivity index (χ4v) is 3.87. The summed E-state index contributed by atoms with van der Waals surface area (Å²) < 4.78 is 1.88. The Hall–Kier alpha value is -2.80. The number of hydrogen-bond acceptors (Lipinski definition) is 6. The van der Waals surface area contributed by atoms with Gasteiger partial charge in [0.05, 0.1) is 16.4 Å². The van der Waals surface area contributed by atoms with Crippen molar-refractivity contribution >= 4 is 51.2 Å². The van der Waals surface area contributed by atoms with Gasteiger partial charge in [-0.2, -0.15) is 5.26 Å². The van der Waals surface area contributed by atoms with Gasteiger partial charge in [0, 0.05) is 15.6 Å². The van der Waals surface area contributed by atoms with E-state index in [0.29, 0.717) is 21.3 Å². The van der Waals surface area contributed by atoms with E-state index in [1.165, 1.54) is 6.07 Å². The Balaban J connectivity index is 2.11. The van der Waals surface area contributed by atoms with Gasteiger partial charge in [0.1, 0.15) is 11.0 Å². The summed E-state index contributed by atoms with van der Waals surface area (Å²) in [5, 5.41) is 21.7. The fraction of sp³-hybridized carbons (Fsp3) is 0.100. The van der Waals surface area contributed by atoms with E-state index >= 15 is 0 Å². The monoisotopic (exact) mass is 504 g/mol. The summed E-state index contributed by atoms with van der Waals surface area (Å²) in [5.74, 6) is -0.528. The molecule has 0 atom stereocenters. The predicted molar refractivity (Wildman–Crippen MR) is 122 cm³/mol. The minimum Gasteiger partial charge on any atom is -0.493 e. The zero-order valence-corrected chi connectivity index (χ0v) is 18.9. The number of thiocyanates is 1. The number of H-pyrrole nitrogens is 1. The van der Waals surface area contributed by atoms with Crippen LogP contribution in [0.5, 0.6) is 5.88 Å². The molecule has 0 radical (unpaired) electrons. The smallest absolute Gasteiger partial charge is 0.335 e. The number of nitrogens with one attached hydrogen (secondary N) is 1. The molecular weight excluding hydrogens is 492 g/mol. The molecule has 2 aromatic carbocycles. The lowest BCUT2D eigenvalue weighted by molar-refractivity contribution is 0.430. The summed E-state index contributed by atoms with van der Waals surface area (Å²) >= 11 is 10.5. The molecule has 1 heterocycles. The first kappa shape index (κ1) is 21.9. The van der Waals surface area contributed by atoms with Crippen LogP contribution in [-0.4, -0.2) is 20.9 Å². The zero-order chi connectivity index (χ0) is 22.0. The van der Waals surface area contributed by atoms with Crippen LogP contribution in [0.2, 0.25) is 5.02 Å².